The predicted octanol–water partition coefficient (Wildman–Crippen LogP) is 3.10. The van der Waals surface area contributed by atoms with E-state index in [0.717, 1.165) is 30.8 Å². The number of halogens is 3. The van der Waals surface area contributed by atoms with E-state index in [-0.39, 0.29) is 24.0 Å². The maximum atomic E-state index is 13.8. The van der Waals surface area contributed by atoms with Gasteiger partial charge in [-0.1, -0.05) is 12.1 Å². The number of alkyl halides is 3. The quantitative estimate of drug-likeness (QED) is 0.804. The molecule has 9 heteroatoms. The fraction of sp³-hybridized carbons (Fsp3) is 0.619. The molecule has 6 nitrogen and oxygen atoms in total. The number of anilines is 2. The molecule has 1 fully saturated rings. The number of amides is 2. The van der Waals surface area contributed by atoms with Crippen molar-refractivity contribution in [1.82, 2.24) is 9.80 Å². The third-order valence-electron chi connectivity index (χ3n) is 6.01. The Morgan fingerprint density at radius 3 is 2.47 bits per heavy atom. The molecule has 0 aromatic heterocycles. The van der Waals surface area contributed by atoms with E-state index in [2.05, 4.69) is 24.1 Å². The van der Waals surface area contributed by atoms with E-state index in [1.54, 1.807) is 19.2 Å². The van der Waals surface area contributed by atoms with Gasteiger partial charge in [-0.2, -0.15) is 13.2 Å². The van der Waals surface area contributed by atoms with Gasteiger partial charge in [0.2, 0.25) is 11.8 Å². The molecule has 2 aliphatic heterocycles. The molecular weight excluding hydrogens is 397 g/mol. The molecule has 1 N–H and O–H groups in total. The molecule has 2 aliphatic rings. The highest BCUT2D eigenvalue weighted by atomic mass is 19.4. The summed E-state index contributed by atoms with van der Waals surface area (Å²) in [4.78, 5) is 30.2. The Kier molecular flexibility index (Phi) is 6.71. The second-order valence-corrected chi connectivity index (χ2v) is 8.37. The van der Waals surface area contributed by atoms with Crippen LogP contribution in [0.5, 0.6) is 0 Å². The number of hydrogen-bond donors (Lipinski definition) is 1. The van der Waals surface area contributed by atoms with Crippen molar-refractivity contribution in [3.05, 3.63) is 24.3 Å². The van der Waals surface area contributed by atoms with Gasteiger partial charge < -0.3 is 10.2 Å². The number of benzene rings is 1. The van der Waals surface area contributed by atoms with Crippen LogP contribution in [0, 0.1) is 0 Å². The van der Waals surface area contributed by atoms with Gasteiger partial charge >= 0.3 is 6.18 Å². The van der Waals surface area contributed by atoms with Crippen LogP contribution in [-0.4, -0.2) is 72.6 Å². The van der Waals surface area contributed by atoms with E-state index in [0.29, 0.717) is 6.04 Å². The Hall–Kier alpha value is -2.13. The summed E-state index contributed by atoms with van der Waals surface area (Å²) in [5.74, 6) is -1.41. The SMILES string of the molecule is CC(C)N1CCC(N(C)CC(=O)N2c3ccccc3NC(=O)CC2C(F)(F)F)CC1. The summed E-state index contributed by atoms with van der Waals surface area (Å²) < 4.78 is 41.5. The zero-order chi connectivity index (χ0) is 22.1. The lowest BCUT2D eigenvalue weighted by atomic mass is 10.0. The molecule has 0 saturated carbocycles. The van der Waals surface area contributed by atoms with Gasteiger partial charge in [0.25, 0.3) is 0 Å². The third kappa shape index (κ3) is 4.95. The van der Waals surface area contributed by atoms with Gasteiger partial charge in [-0.15, -0.1) is 0 Å². The molecule has 1 atom stereocenters. The average Bonchev–Trinajstić information content (AvgIpc) is 2.83. The lowest BCUT2D eigenvalue weighted by Crippen LogP contribution is -2.54. The van der Waals surface area contributed by atoms with Gasteiger partial charge in [0.1, 0.15) is 6.04 Å². The first-order chi connectivity index (χ1) is 14.1. The molecule has 30 heavy (non-hydrogen) atoms. The molecule has 2 amide bonds. The Morgan fingerprint density at radius 2 is 1.87 bits per heavy atom. The lowest BCUT2D eigenvalue weighted by Gasteiger charge is -2.39. The zero-order valence-corrected chi connectivity index (χ0v) is 17.6. The van der Waals surface area contributed by atoms with Crippen molar-refractivity contribution < 1.29 is 22.8 Å². The van der Waals surface area contributed by atoms with E-state index in [9.17, 15) is 22.8 Å². The van der Waals surface area contributed by atoms with Crippen LogP contribution in [0.15, 0.2) is 24.3 Å². The first kappa shape index (κ1) is 22.6. The van der Waals surface area contributed by atoms with Crippen molar-refractivity contribution in [1.29, 1.82) is 0 Å². The van der Waals surface area contributed by atoms with Gasteiger partial charge in [0, 0.05) is 12.1 Å². The molecule has 3 rings (SSSR count). The number of likely N-dealkylation sites (tertiary alicyclic amines) is 1. The minimum Gasteiger partial charge on any atom is -0.324 e. The number of nitrogens with zero attached hydrogens (tertiary/aromatic N) is 3. The van der Waals surface area contributed by atoms with Gasteiger partial charge in [0.15, 0.2) is 0 Å². The molecule has 0 aliphatic carbocycles. The fourth-order valence-electron chi connectivity index (χ4n) is 4.26. The van der Waals surface area contributed by atoms with E-state index in [4.69, 9.17) is 0 Å². The second-order valence-electron chi connectivity index (χ2n) is 8.37. The number of carbonyl (C=O) groups excluding carboxylic acids is 2. The molecule has 0 radical (unpaired) electrons. The second kappa shape index (κ2) is 8.93. The molecule has 2 heterocycles. The molecule has 1 unspecified atom stereocenters. The Labute approximate surface area is 175 Å². The maximum Gasteiger partial charge on any atom is 0.409 e. The van der Waals surface area contributed by atoms with Gasteiger partial charge in [0.05, 0.1) is 24.3 Å². The fourth-order valence-corrected chi connectivity index (χ4v) is 4.26. The summed E-state index contributed by atoms with van der Waals surface area (Å²) in [6.07, 6.45) is -3.81. The standard InChI is InChI=1S/C21H29F3N4O2/c1-14(2)27-10-8-15(9-11-27)26(3)13-20(30)28-17-7-5-4-6-16(17)25-19(29)12-18(28)21(22,23)24/h4-7,14-15,18H,8-13H2,1-3H3,(H,25,29). The molecule has 1 aromatic carbocycles. The van der Waals surface area contributed by atoms with Crippen molar-refractivity contribution in [2.75, 3.05) is 36.9 Å². The van der Waals surface area contributed by atoms with Crippen LogP contribution >= 0.6 is 0 Å². The minimum absolute atomic E-state index is 0.0821. The Morgan fingerprint density at radius 1 is 1.23 bits per heavy atom. The van der Waals surface area contributed by atoms with Crippen LogP contribution in [0.3, 0.4) is 0 Å². The number of piperidine rings is 1. The van der Waals surface area contributed by atoms with Crippen molar-refractivity contribution in [2.45, 2.75) is 57.4 Å². The number of carbonyl (C=O) groups is 2. The predicted molar refractivity (Wildman–Crippen MR) is 109 cm³/mol. The third-order valence-corrected chi connectivity index (χ3v) is 6.01. The topological polar surface area (TPSA) is 55.9 Å². The summed E-state index contributed by atoms with van der Waals surface area (Å²) in [6.45, 7) is 5.93. The maximum absolute atomic E-state index is 13.8. The van der Waals surface area contributed by atoms with Crippen molar-refractivity contribution in [3.8, 4) is 0 Å². The minimum atomic E-state index is -4.72. The molecule has 0 bridgehead atoms. The summed E-state index contributed by atoms with van der Waals surface area (Å²) in [5.41, 5.74) is 0.300. The molecular formula is C21H29F3N4O2. The lowest BCUT2D eigenvalue weighted by molar-refractivity contribution is -0.158. The van der Waals surface area contributed by atoms with Crippen molar-refractivity contribution in [2.24, 2.45) is 0 Å². The van der Waals surface area contributed by atoms with E-state index < -0.39 is 30.5 Å². The van der Waals surface area contributed by atoms with Crippen LogP contribution in [0.4, 0.5) is 24.5 Å². The highest BCUT2D eigenvalue weighted by Gasteiger charge is 2.49. The van der Waals surface area contributed by atoms with Crippen molar-refractivity contribution in [3.63, 3.8) is 0 Å². The molecule has 1 aromatic rings. The highest BCUT2D eigenvalue weighted by molar-refractivity contribution is 6.05. The number of likely N-dealkylation sites (N-methyl/N-ethyl adjacent to an activating group) is 1. The summed E-state index contributed by atoms with van der Waals surface area (Å²) in [6, 6.07) is 4.53. The summed E-state index contributed by atoms with van der Waals surface area (Å²) in [7, 11) is 1.78. The molecule has 0 spiro atoms. The van der Waals surface area contributed by atoms with Crippen LogP contribution in [-0.2, 0) is 9.59 Å². The normalized spacial score (nSPS) is 21.5. The molecule has 166 valence electrons. The van der Waals surface area contributed by atoms with E-state index in [1.165, 1.54) is 12.1 Å². The largest absolute Gasteiger partial charge is 0.409 e. The Bertz CT molecular complexity index is 776. The average molecular weight is 426 g/mol. The van der Waals surface area contributed by atoms with Crippen LogP contribution in [0.1, 0.15) is 33.1 Å². The smallest absolute Gasteiger partial charge is 0.324 e. The first-order valence-electron chi connectivity index (χ1n) is 10.3. The zero-order valence-electron chi connectivity index (χ0n) is 17.6. The van der Waals surface area contributed by atoms with E-state index in [1.807, 2.05) is 4.90 Å². The number of hydrogen-bond acceptors (Lipinski definition) is 4. The van der Waals surface area contributed by atoms with Crippen LogP contribution in [0.2, 0.25) is 0 Å². The van der Waals surface area contributed by atoms with Gasteiger partial charge in [-0.05, 0) is 59.0 Å². The van der Waals surface area contributed by atoms with Crippen molar-refractivity contribution >= 4 is 23.2 Å². The number of nitrogens with one attached hydrogen (secondary N) is 1. The van der Waals surface area contributed by atoms with Crippen LogP contribution in [0.25, 0.3) is 0 Å². The first-order valence-corrected chi connectivity index (χ1v) is 10.3. The number of para-hydroxylation sites is 2. The Balaban J connectivity index is 1.80. The summed E-state index contributed by atoms with van der Waals surface area (Å²) >= 11 is 0. The molecule has 1 saturated heterocycles. The van der Waals surface area contributed by atoms with Gasteiger partial charge in [-0.25, -0.2) is 0 Å². The number of fused-ring (bicyclic) bond motifs is 1. The number of rotatable bonds is 4. The highest BCUT2D eigenvalue weighted by Crippen LogP contribution is 2.37. The van der Waals surface area contributed by atoms with Crippen LogP contribution < -0.4 is 10.2 Å². The van der Waals surface area contributed by atoms with E-state index >= 15 is 0 Å². The summed E-state index contributed by atoms with van der Waals surface area (Å²) in [5, 5.41) is 2.49. The monoisotopic (exact) mass is 426 g/mol. The van der Waals surface area contributed by atoms with Gasteiger partial charge in [-0.3, -0.25) is 19.4 Å².